The van der Waals surface area contributed by atoms with Crippen LogP contribution in [0.5, 0.6) is 0 Å². The molecule has 8 heteroatoms. The van der Waals surface area contributed by atoms with Gasteiger partial charge in [0.15, 0.2) is 0 Å². The molecule has 0 unspecified atom stereocenters. The molecular weight excluding hydrogens is 368 g/mol. The zero-order valence-corrected chi connectivity index (χ0v) is 15.6. The minimum Gasteiger partial charge on any atom is -0.462 e. The first-order valence-corrected chi connectivity index (χ1v) is 8.54. The molecule has 0 radical (unpaired) electrons. The van der Waals surface area contributed by atoms with E-state index in [0.717, 1.165) is 6.07 Å². The Morgan fingerprint density at radius 2 is 1.82 bits per heavy atom. The Balaban J connectivity index is 2.52. The van der Waals surface area contributed by atoms with Crippen LogP contribution in [0.4, 0.5) is 20.2 Å². The summed E-state index contributed by atoms with van der Waals surface area (Å²) in [5.41, 5.74) is 11.9. The number of nitrogens with two attached hydrogens (primary N) is 2. The number of hydrogen-bond donors (Lipinski definition) is 2. The molecule has 1 aromatic heterocycles. The summed E-state index contributed by atoms with van der Waals surface area (Å²) in [6.45, 7) is 4.87. The van der Waals surface area contributed by atoms with Crippen molar-refractivity contribution in [2.24, 2.45) is 0 Å². The molecule has 0 fully saturated rings. The average Bonchev–Trinajstić information content (AvgIpc) is 2.64. The van der Waals surface area contributed by atoms with E-state index in [1.165, 1.54) is 22.9 Å². The summed E-state index contributed by atoms with van der Waals surface area (Å²) in [5.74, 6) is -2.21. The largest absolute Gasteiger partial charge is 0.462 e. The summed E-state index contributed by atoms with van der Waals surface area (Å²) in [7, 11) is 0. The van der Waals surface area contributed by atoms with Crippen LogP contribution in [0.3, 0.4) is 0 Å². The molecule has 0 bridgehead atoms. The number of fused-ring (bicyclic) bond motifs is 1. The molecule has 0 saturated heterocycles. The number of benzene rings is 2. The Hall–Kier alpha value is -3.42. The second kappa shape index (κ2) is 6.95. The normalized spacial score (nSPS) is 11.0. The van der Waals surface area contributed by atoms with E-state index in [1.54, 1.807) is 20.8 Å². The molecule has 6 nitrogen and oxygen atoms in total. The summed E-state index contributed by atoms with van der Waals surface area (Å²) in [6.07, 6.45) is 1.28. The average molecular weight is 387 g/mol. The van der Waals surface area contributed by atoms with Crippen molar-refractivity contribution in [3.63, 3.8) is 0 Å². The topological polar surface area (TPSA) is 100 Å². The molecule has 0 aliphatic rings. The number of halogens is 2. The monoisotopic (exact) mass is 387 g/mol. The van der Waals surface area contributed by atoms with Crippen molar-refractivity contribution in [3.8, 4) is 5.69 Å². The Kier molecular flexibility index (Phi) is 4.80. The number of aryl methyl sites for hydroxylation is 2. The van der Waals surface area contributed by atoms with Crippen LogP contribution in [0.15, 0.2) is 29.2 Å². The van der Waals surface area contributed by atoms with Gasteiger partial charge in [0.2, 0.25) is 5.43 Å². The molecule has 0 amide bonds. The smallest absolute Gasteiger partial charge is 0.343 e. The van der Waals surface area contributed by atoms with Gasteiger partial charge in [-0.15, -0.1) is 0 Å². The van der Waals surface area contributed by atoms with Gasteiger partial charge in [0.05, 0.1) is 34.6 Å². The van der Waals surface area contributed by atoms with Gasteiger partial charge in [-0.2, -0.15) is 0 Å². The van der Waals surface area contributed by atoms with Crippen LogP contribution in [0.25, 0.3) is 16.6 Å². The number of aromatic nitrogens is 1. The Labute approximate surface area is 159 Å². The number of carbonyl (C=O) groups is 1. The van der Waals surface area contributed by atoms with Crippen LogP contribution < -0.4 is 16.9 Å². The minimum atomic E-state index is -0.842. The first-order chi connectivity index (χ1) is 13.2. The van der Waals surface area contributed by atoms with Crippen LogP contribution in [-0.2, 0) is 4.74 Å². The van der Waals surface area contributed by atoms with Crippen LogP contribution in [0.1, 0.15) is 28.4 Å². The number of hydrogen-bond acceptors (Lipinski definition) is 5. The van der Waals surface area contributed by atoms with Crippen molar-refractivity contribution in [2.75, 3.05) is 18.1 Å². The zero-order valence-electron chi connectivity index (χ0n) is 15.6. The molecule has 0 aliphatic heterocycles. The predicted octanol–water partition coefficient (Wildman–Crippen LogP) is 3.23. The molecule has 0 spiro atoms. The first-order valence-electron chi connectivity index (χ1n) is 8.54. The highest BCUT2D eigenvalue weighted by Gasteiger charge is 2.22. The van der Waals surface area contributed by atoms with Gasteiger partial charge in [0.25, 0.3) is 0 Å². The number of pyridine rings is 1. The quantitative estimate of drug-likeness (QED) is 0.531. The zero-order chi connectivity index (χ0) is 20.7. The van der Waals surface area contributed by atoms with E-state index >= 15 is 0 Å². The van der Waals surface area contributed by atoms with Crippen LogP contribution in [0.2, 0.25) is 0 Å². The van der Waals surface area contributed by atoms with Crippen molar-refractivity contribution in [2.45, 2.75) is 20.8 Å². The number of nitrogens with zero attached hydrogens (tertiary/aromatic N) is 1. The molecule has 0 atom stereocenters. The molecule has 3 aromatic rings. The summed E-state index contributed by atoms with van der Waals surface area (Å²) >= 11 is 0. The highest BCUT2D eigenvalue weighted by atomic mass is 19.1. The number of ether oxygens (including phenoxy) is 1. The number of nitrogen functional groups attached to an aromatic ring is 2. The Morgan fingerprint density at radius 3 is 2.46 bits per heavy atom. The molecule has 0 aliphatic carbocycles. The maximum atomic E-state index is 14.2. The Bertz CT molecular complexity index is 1190. The molecule has 0 saturated carbocycles. The van der Waals surface area contributed by atoms with Crippen LogP contribution >= 0.6 is 0 Å². The molecule has 146 valence electrons. The number of anilines is 2. The maximum Gasteiger partial charge on any atom is 0.343 e. The fraction of sp³-hybridized carbons (Fsp3) is 0.200. The third-order valence-corrected chi connectivity index (χ3v) is 4.60. The van der Waals surface area contributed by atoms with Gasteiger partial charge in [-0.05, 0) is 50.1 Å². The van der Waals surface area contributed by atoms with E-state index in [0.29, 0.717) is 22.3 Å². The molecule has 28 heavy (non-hydrogen) atoms. The molecule has 1 heterocycles. The summed E-state index contributed by atoms with van der Waals surface area (Å²) in [6, 6.07) is 3.60. The lowest BCUT2D eigenvalue weighted by molar-refractivity contribution is 0.0524. The SMILES string of the molecule is CCOC(=O)c1cn(-c2cc(N)c(F)cc2C)c2c(C)c(N)c(F)cc2c1=O. The van der Waals surface area contributed by atoms with Gasteiger partial charge in [0, 0.05) is 6.20 Å². The van der Waals surface area contributed by atoms with Crippen molar-refractivity contribution in [1.82, 2.24) is 4.57 Å². The van der Waals surface area contributed by atoms with Gasteiger partial charge in [0.1, 0.15) is 17.2 Å². The lowest BCUT2D eigenvalue weighted by Gasteiger charge is -2.19. The fourth-order valence-corrected chi connectivity index (χ4v) is 3.14. The second-order valence-corrected chi connectivity index (χ2v) is 6.42. The van der Waals surface area contributed by atoms with Gasteiger partial charge in [-0.3, -0.25) is 4.79 Å². The van der Waals surface area contributed by atoms with Crippen LogP contribution in [0, 0.1) is 25.5 Å². The predicted molar refractivity (Wildman–Crippen MR) is 104 cm³/mol. The number of esters is 1. The lowest BCUT2D eigenvalue weighted by atomic mass is 10.0. The Morgan fingerprint density at radius 1 is 1.14 bits per heavy atom. The molecule has 4 N–H and O–H groups in total. The van der Waals surface area contributed by atoms with Gasteiger partial charge in [-0.25, -0.2) is 13.6 Å². The summed E-state index contributed by atoms with van der Waals surface area (Å²) < 4.78 is 34.5. The standard InChI is InChI=1S/C20H19F2N3O3/c1-4-28-20(27)12-8-25(16-7-15(23)13(21)5-9(16)2)18-10(3)17(24)14(22)6-11(18)19(12)26/h5-8H,4,23-24H2,1-3H3. The fourth-order valence-electron chi connectivity index (χ4n) is 3.14. The van der Waals surface area contributed by atoms with Gasteiger partial charge < -0.3 is 20.8 Å². The molecule has 2 aromatic carbocycles. The van der Waals surface area contributed by atoms with Gasteiger partial charge >= 0.3 is 5.97 Å². The van der Waals surface area contributed by atoms with Crippen LogP contribution in [-0.4, -0.2) is 17.1 Å². The van der Waals surface area contributed by atoms with Crippen molar-refractivity contribution >= 4 is 28.2 Å². The van der Waals surface area contributed by atoms with Crippen molar-refractivity contribution in [3.05, 3.63) is 62.9 Å². The van der Waals surface area contributed by atoms with E-state index in [-0.39, 0.29) is 28.9 Å². The minimum absolute atomic E-state index is 0.0444. The van der Waals surface area contributed by atoms with E-state index in [1.807, 2.05) is 0 Å². The van der Waals surface area contributed by atoms with Crippen molar-refractivity contribution < 1.29 is 18.3 Å². The van der Waals surface area contributed by atoms with Crippen molar-refractivity contribution in [1.29, 1.82) is 0 Å². The van der Waals surface area contributed by atoms with Gasteiger partial charge in [-0.1, -0.05) is 0 Å². The number of rotatable bonds is 3. The lowest BCUT2D eigenvalue weighted by Crippen LogP contribution is -2.22. The summed E-state index contributed by atoms with van der Waals surface area (Å²) in [5, 5.41) is -0.0444. The highest BCUT2D eigenvalue weighted by Crippen LogP contribution is 2.30. The molecular formula is C20H19F2N3O3. The second-order valence-electron chi connectivity index (χ2n) is 6.42. The third kappa shape index (κ3) is 2.96. The van der Waals surface area contributed by atoms with E-state index < -0.39 is 23.0 Å². The molecule has 3 rings (SSSR count). The number of carbonyl (C=O) groups excluding carboxylic acids is 1. The van der Waals surface area contributed by atoms with E-state index in [2.05, 4.69) is 0 Å². The maximum absolute atomic E-state index is 14.2. The van der Waals surface area contributed by atoms with E-state index in [4.69, 9.17) is 16.2 Å². The van der Waals surface area contributed by atoms with E-state index in [9.17, 15) is 18.4 Å². The summed E-state index contributed by atoms with van der Waals surface area (Å²) in [4.78, 5) is 25.1. The highest BCUT2D eigenvalue weighted by molar-refractivity contribution is 5.96. The third-order valence-electron chi connectivity index (χ3n) is 4.60. The first kappa shape index (κ1) is 19.3.